The molecular formula is C14H19ClN2O2. The minimum atomic E-state index is -0.0578. The van der Waals surface area contributed by atoms with Crippen LogP contribution in [0.2, 0.25) is 5.02 Å². The van der Waals surface area contributed by atoms with Gasteiger partial charge in [-0.1, -0.05) is 11.6 Å². The lowest BCUT2D eigenvalue weighted by molar-refractivity contribution is -0.000185. The number of carbonyl (C=O) groups is 1. The zero-order valence-corrected chi connectivity index (χ0v) is 11.8. The number of halogens is 1. The predicted octanol–water partition coefficient (Wildman–Crippen LogP) is 2.56. The molecule has 19 heavy (non-hydrogen) atoms. The van der Waals surface area contributed by atoms with Gasteiger partial charge in [0, 0.05) is 25.8 Å². The number of likely N-dealkylation sites (N-methyl/N-ethyl adjacent to an activating group) is 1. The van der Waals surface area contributed by atoms with Crippen molar-refractivity contribution in [3.05, 3.63) is 28.8 Å². The molecule has 1 aromatic carbocycles. The number of benzene rings is 1. The quantitative estimate of drug-likeness (QED) is 0.867. The number of hydrogen-bond donors (Lipinski definition) is 1. The van der Waals surface area contributed by atoms with Crippen molar-refractivity contribution in [2.45, 2.75) is 25.4 Å². The number of nitrogens with zero attached hydrogens (tertiary/aromatic N) is 1. The van der Waals surface area contributed by atoms with E-state index in [2.05, 4.69) is 0 Å². The lowest BCUT2D eigenvalue weighted by Crippen LogP contribution is -2.37. The van der Waals surface area contributed by atoms with Crippen molar-refractivity contribution in [2.24, 2.45) is 0 Å². The molecule has 1 unspecified atom stereocenters. The summed E-state index contributed by atoms with van der Waals surface area (Å²) in [7, 11) is 1.78. The molecule has 0 bridgehead atoms. The maximum atomic E-state index is 12.3. The highest BCUT2D eigenvalue weighted by Crippen LogP contribution is 2.21. The van der Waals surface area contributed by atoms with Gasteiger partial charge in [-0.15, -0.1) is 0 Å². The van der Waals surface area contributed by atoms with E-state index in [1.165, 1.54) is 6.42 Å². The van der Waals surface area contributed by atoms with Gasteiger partial charge in [0.05, 0.1) is 16.8 Å². The van der Waals surface area contributed by atoms with Crippen molar-refractivity contribution < 1.29 is 9.53 Å². The van der Waals surface area contributed by atoms with Crippen LogP contribution in [0.4, 0.5) is 5.69 Å². The van der Waals surface area contributed by atoms with Crippen LogP contribution in [0, 0.1) is 0 Å². The van der Waals surface area contributed by atoms with Crippen LogP contribution in [0.3, 0.4) is 0 Å². The largest absolute Gasteiger partial charge is 0.398 e. The molecule has 1 heterocycles. The third-order valence-corrected chi connectivity index (χ3v) is 3.69. The van der Waals surface area contributed by atoms with E-state index in [0.717, 1.165) is 19.4 Å². The van der Waals surface area contributed by atoms with E-state index in [-0.39, 0.29) is 12.0 Å². The summed E-state index contributed by atoms with van der Waals surface area (Å²) in [6.07, 6.45) is 3.44. The number of carbonyl (C=O) groups excluding carboxylic acids is 1. The number of anilines is 1. The number of nitrogen functional groups attached to an aromatic ring is 1. The van der Waals surface area contributed by atoms with Gasteiger partial charge in [-0.25, -0.2) is 0 Å². The Morgan fingerprint density at radius 1 is 1.53 bits per heavy atom. The second kappa shape index (κ2) is 6.26. The lowest BCUT2D eigenvalue weighted by Gasteiger charge is -2.27. The number of hydrogen-bond acceptors (Lipinski definition) is 3. The van der Waals surface area contributed by atoms with Crippen LogP contribution in [0.15, 0.2) is 18.2 Å². The summed E-state index contributed by atoms with van der Waals surface area (Å²) in [5.41, 5.74) is 6.70. The van der Waals surface area contributed by atoms with E-state index >= 15 is 0 Å². The Labute approximate surface area is 118 Å². The first-order valence-corrected chi connectivity index (χ1v) is 6.88. The van der Waals surface area contributed by atoms with Gasteiger partial charge in [0.25, 0.3) is 5.91 Å². The standard InChI is InChI=1S/C14H19ClN2O2/c1-17(9-11-4-2-3-7-19-11)14(18)10-5-6-12(15)13(16)8-10/h5-6,8,11H,2-4,7,9,16H2,1H3. The highest BCUT2D eigenvalue weighted by Gasteiger charge is 2.20. The second-order valence-corrected chi connectivity index (χ2v) is 5.32. The minimum Gasteiger partial charge on any atom is -0.398 e. The lowest BCUT2D eigenvalue weighted by atomic mass is 10.1. The van der Waals surface area contributed by atoms with Crippen LogP contribution in [-0.2, 0) is 4.74 Å². The smallest absolute Gasteiger partial charge is 0.253 e. The molecule has 1 aromatic rings. The Kier molecular flexibility index (Phi) is 4.66. The monoisotopic (exact) mass is 282 g/mol. The number of amides is 1. The SMILES string of the molecule is CN(CC1CCCCO1)C(=O)c1ccc(Cl)c(N)c1. The molecule has 1 aliphatic heterocycles. The van der Waals surface area contributed by atoms with Gasteiger partial charge < -0.3 is 15.4 Å². The number of ether oxygens (including phenoxy) is 1. The molecule has 1 saturated heterocycles. The zero-order valence-electron chi connectivity index (χ0n) is 11.1. The molecule has 2 rings (SSSR count). The second-order valence-electron chi connectivity index (χ2n) is 4.91. The molecular weight excluding hydrogens is 264 g/mol. The van der Waals surface area contributed by atoms with Gasteiger partial charge in [-0.05, 0) is 37.5 Å². The third-order valence-electron chi connectivity index (χ3n) is 3.34. The maximum Gasteiger partial charge on any atom is 0.253 e. The summed E-state index contributed by atoms with van der Waals surface area (Å²) in [5.74, 6) is -0.0578. The van der Waals surface area contributed by atoms with Crippen molar-refractivity contribution in [3.8, 4) is 0 Å². The number of nitrogens with two attached hydrogens (primary N) is 1. The Hall–Kier alpha value is -1.26. The molecule has 2 N–H and O–H groups in total. The molecule has 1 amide bonds. The summed E-state index contributed by atoms with van der Waals surface area (Å²) in [6, 6.07) is 4.96. The molecule has 0 aromatic heterocycles. The van der Waals surface area contributed by atoms with E-state index < -0.39 is 0 Å². The third kappa shape index (κ3) is 3.61. The van der Waals surface area contributed by atoms with E-state index in [1.807, 2.05) is 0 Å². The van der Waals surface area contributed by atoms with Crippen LogP contribution in [0.1, 0.15) is 29.6 Å². The van der Waals surface area contributed by atoms with Gasteiger partial charge in [-0.3, -0.25) is 4.79 Å². The molecule has 5 heteroatoms. The van der Waals surface area contributed by atoms with Crippen molar-refractivity contribution >= 4 is 23.2 Å². The van der Waals surface area contributed by atoms with Crippen molar-refractivity contribution in [2.75, 3.05) is 25.9 Å². The van der Waals surface area contributed by atoms with Crippen LogP contribution in [0.25, 0.3) is 0 Å². The summed E-state index contributed by atoms with van der Waals surface area (Å²) < 4.78 is 5.64. The van der Waals surface area contributed by atoms with Crippen LogP contribution in [-0.4, -0.2) is 37.1 Å². The Morgan fingerprint density at radius 3 is 2.95 bits per heavy atom. The van der Waals surface area contributed by atoms with Gasteiger partial charge in [-0.2, -0.15) is 0 Å². The molecule has 0 radical (unpaired) electrons. The van der Waals surface area contributed by atoms with Crippen molar-refractivity contribution in [1.29, 1.82) is 0 Å². The Bertz CT molecular complexity index is 459. The van der Waals surface area contributed by atoms with Crippen LogP contribution in [0.5, 0.6) is 0 Å². The molecule has 1 fully saturated rings. The summed E-state index contributed by atoms with van der Waals surface area (Å²) in [6.45, 7) is 1.40. The topological polar surface area (TPSA) is 55.6 Å². The summed E-state index contributed by atoms with van der Waals surface area (Å²) in [5, 5.41) is 0.467. The average molecular weight is 283 g/mol. The summed E-state index contributed by atoms with van der Waals surface area (Å²) in [4.78, 5) is 13.9. The van der Waals surface area contributed by atoms with Crippen LogP contribution >= 0.6 is 11.6 Å². The fourth-order valence-electron chi connectivity index (χ4n) is 2.24. The molecule has 4 nitrogen and oxygen atoms in total. The van der Waals surface area contributed by atoms with E-state index in [0.29, 0.717) is 22.8 Å². The molecule has 1 aliphatic rings. The molecule has 0 spiro atoms. The first-order valence-electron chi connectivity index (χ1n) is 6.50. The number of rotatable bonds is 3. The minimum absolute atomic E-state index is 0.0578. The van der Waals surface area contributed by atoms with Gasteiger partial charge in [0.2, 0.25) is 0 Å². The molecule has 1 atom stereocenters. The van der Waals surface area contributed by atoms with E-state index in [1.54, 1.807) is 30.1 Å². The zero-order chi connectivity index (χ0) is 13.8. The first kappa shape index (κ1) is 14.2. The molecule has 0 aliphatic carbocycles. The van der Waals surface area contributed by atoms with E-state index in [9.17, 15) is 4.79 Å². The van der Waals surface area contributed by atoms with E-state index in [4.69, 9.17) is 22.1 Å². The Morgan fingerprint density at radius 2 is 2.32 bits per heavy atom. The molecule has 104 valence electrons. The van der Waals surface area contributed by atoms with Gasteiger partial charge >= 0.3 is 0 Å². The normalized spacial score (nSPS) is 19.2. The van der Waals surface area contributed by atoms with Crippen molar-refractivity contribution in [3.63, 3.8) is 0 Å². The predicted molar refractivity (Wildman–Crippen MR) is 76.4 cm³/mol. The van der Waals surface area contributed by atoms with Gasteiger partial charge in [0.15, 0.2) is 0 Å². The molecule has 0 saturated carbocycles. The van der Waals surface area contributed by atoms with Crippen LogP contribution < -0.4 is 5.73 Å². The summed E-state index contributed by atoms with van der Waals surface area (Å²) >= 11 is 5.85. The maximum absolute atomic E-state index is 12.3. The average Bonchev–Trinajstić information content (AvgIpc) is 2.42. The fraction of sp³-hybridized carbons (Fsp3) is 0.500. The van der Waals surface area contributed by atoms with Crippen molar-refractivity contribution in [1.82, 2.24) is 4.90 Å². The fourth-order valence-corrected chi connectivity index (χ4v) is 2.35. The highest BCUT2D eigenvalue weighted by molar-refractivity contribution is 6.33. The first-order chi connectivity index (χ1) is 9.08. The Balaban J connectivity index is 1.99. The van der Waals surface area contributed by atoms with Gasteiger partial charge in [0.1, 0.15) is 0 Å². The highest BCUT2D eigenvalue weighted by atomic mass is 35.5.